The zero-order chi connectivity index (χ0) is 21.6. The molecule has 0 aliphatic heterocycles. The molecule has 0 bridgehead atoms. The number of ether oxygens (including phenoxy) is 1. The van der Waals surface area contributed by atoms with E-state index in [1.807, 2.05) is 6.92 Å². The molecule has 2 rings (SSSR count). The van der Waals surface area contributed by atoms with Crippen LogP contribution in [0.4, 0.5) is 14.5 Å². The number of nitrogens with zero attached hydrogens (tertiary/aromatic N) is 1. The Morgan fingerprint density at radius 3 is 2.66 bits per heavy atom. The van der Waals surface area contributed by atoms with Gasteiger partial charge in [0.2, 0.25) is 0 Å². The Morgan fingerprint density at radius 1 is 1.34 bits per heavy atom. The molecular weight excluding hydrogens is 378 g/mol. The van der Waals surface area contributed by atoms with E-state index >= 15 is 0 Å². The van der Waals surface area contributed by atoms with Gasteiger partial charge < -0.3 is 10.1 Å². The number of amides is 1. The minimum Gasteiger partial charge on any atom is -0.493 e. The lowest BCUT2D eigenvalue weighted by molar-refractivity contribution is 0.102. The highest BCUT2D eigenvalue weighted by Gasteiger charge is 2.14. The minimum absolute atomic E-state index is 0.320. The van der Waals surface area contributed by atoms with Crippen molar-refractivity contribution < 1.29 is 23.1 Å². The van der Waals surface area contributed by atoms with E-state index in [4.69, 9.17) is 4.74 Å². The summed E-state index contributed by atoms with van der Waals surface area (Å²) in [4.78, 5) is 27.0. The van der Waals surface area contributed by atoms with Crippen molar-refractivity contribution in [2.45, 2.75) is 26.9 Å². The molecule has 7 heteroatoms. The number of aromatic nitrogens is 1. The van der Waals surface area contributed by atoms with Crippen molar-refractivity contribution in [2.75, 3.05) is 11.9 Å². The molecule has 29 heavy (non-hydrogen) atoms. The van der Waals surface area contributed by atoms with Gasteiger partial charge in [-0.1, -0.05) is 12.2 Å². The van der Waals surface area contributed by atoms with Gasteiger partial charge in [-0.05, 0) is 57.2 Å². The van der Waals surface area contributed by atoms with Crippen LogP contribution in [0.1, 0.15) is 41.5 Å². The number of benzene rings is 1. The molecule has 0 radical (unpaired) electrons. The van der Waals surface area contributed by atoms with E-state index < -0.39 is 12.0 Å². The number of carbonyl (C=O) groups is 2. The second kappa shape index (κ2) is 12.9. The molecule has 1 aromatic heterocycles. The molecule has 0 spiro atoms. The first-order valence-electron chi connectivity index (χ1n) is 8.98. The number of hydrogen-bond acceptors (Lipinski definition) is 4. The Bertz CT molecular complexity index is 850. The maximum atomic E-state index is 12.2. The molecule has 1 amide bonds. The standard InChI is InChI=1S/C15H14N2O3.C7H10F2/c1-2-20-14-6-5-11(10-18)8-13(14)15(19)17-12-4-3-7-16-9-12;1-3-4-5-7(9)6(2)8/h3-10H,2H2,1H3,(H,17,19);3-6H,1-2H3/b;4-3-,7-5+. The van der Waals surface area contributed by atoms with Crippen LogP contribution in [0.5, 0.6) is 5.75 Å². The number of aldehydes is 1. The summed E-state index contributed by atoms with van der Waals surface area (Å²) in [6.45, 7) is 5.17. The van der Waals surface area contributed by atoms with Gasteiger partial charge in [0.05, 0.1) is 24.1 Å². The van der Waals surface area contributed by atoms with Gasteiger partial charge in [0.15, 0.2) is 0 Å². The smallest absolute Gasteiger partial charge is 0.259 e. The minimum atomic E-state index is -1.48. The molecule has 0 aliphatic rings. The van der Waals surface area contributed by atoms with Crippen LogP contribution < -0.4 is 10.1 Å². The third kappa shape index (κ3) is 8.47. The highest BCUT2D eigenvalue weighted by molar-refractivity contribution is 6.06. The van der Waals surface area contributed by atoms with Gasteiger partial charge in [0, 0.05) is 11.8 Å². The first-order chi connectivity index (χ1) is 13.9. The van der Waals surface area contributed by atoms with Crippen LogP contribution in [-0.4, -0.2) is 30.0 Å². The summed E-state index contributed by atoms with van der Waals surface area (Å²) in [6, 6.07) is 8.18. The highest BCUT2D eigenvalue weighted by Crippen LogP contribution is 2.21. The van der Waals surface area contributed by atoms with Crippen LogP contribution in [-0.2, 0) is 0 Å². The summed E-state index contributed by atoms with van der Waals surface area (Å²) in [5, 5.41) is 2.71. The number of allylic oxidation sites excluding steroid dienone is 4. The predicted molar refractivity (Wildman–Crippen MR) is 110 cm³/mol. The lowest BCUT2D eigenvalue weighted by Gasteiger charge is -2.11. The first-order valence-corrected chi connectivity index (χ1v) is 8.98. The number of alkyl halides is 1. The molecule has 1 N–H and O–H groups in total. The van der Waals surface area contributed by atoms with E-state index in [1.54, 1.807) is 49.7 Å². The Labute approximate surface area is 169 Å². The summed E-state index contributed by atoms with van der Waals surface area (Å²) in [6.07, 6.45) is 6.59. The number of rotatable bonds is 7. The molecular formula is C22H24F2N2O3. The summed E-state index contributed by atoms with van der Waals surface area (Å²) in [5.41, 5.74) is 1.32. The van der Waals surface area contributed by atoms with Gasteiger partial charge in [-0.3, -0.25) is 14.6 Å². The zero-order valence-corrected chi connectivity index (χ0v) is 16.6. The molecule has 0 saturated heterocycles. The van der Waals surface area contributed by atoms with Gasteiger partial charge in [-0.2, -0.15) is 0 Å². The summed E-state index contributed by atoms with van der Waals surface area (Å²) in [5.74, 6) is -0.627. The van der Waals surface area contributed by atoms with E-state index in [9.17, 15) is 18.4 Å². The van der Waals surface area contributed by atoms with Crippen molar-refractivity contribution in [3.05, 3.63) is 77.9 Å². The van der Waals surface area contributed by atoms with Crippen LogP contribution in [0.25, 0.3) is 0 Å². The van der Waals surface area contributed by atoms with Crippen molar-refractivity contribution >= 4 is 17.9 Å². The largest absolute Gasteiger partial charge is 0.493 e. The van der Waals surface area contributed by atoms with Crippen LogP contribution in [0.15, 0.2) is 66.8 Å². The molecule has 0 saturated carbocycles. The molecule has 1 atom stereocenters. The topological polar surface area (TPSA) is 68.3 Å². The van der Waals surface area contributed by atoms with Crippen molar-refractivity contribution in [1.82, 2.24) is 4.98 Å². The van der Waals surface area contributed by atoms with Crippen LogP contribution in [0.3, 0.4) is 0 Å². The van der Waals surface area contributed by atoms with Gasteiger partial charge in [0.1, 0.15) is 24.0 Å². The number of halogens is 2. The highest BCUT2D eigenvalue weighted by atomic mass is 19.2. The molecule has 1 aromatic carbocycles. The number of hydrogen-bond donors (Lipinski definition) is 1. The van der Waals surface area contributed by atoms with E-state index in [2.05, 4.69) is 10.3 Å². The Morgan fingerprint density at radius 2 is 2.10 bits per heavy atom. The average molecular weight is 402 g/mol. The lowest BCUT2D eigenvalue weighted by Crippen LogP contribution is -2.14. The third-order valence-electron chi connectivity index (χ3n) is 3.43. The molecule has 0 fully saturated rings. The first kappa shape index (κ1) is 23.7. The monoisotopic (exact) mass is 402 g/mol. The molecule has 1 unspecified atom stereocenters. The number of nitrogens with one attached hydrogen (secondary N) is 1. The van der Waals surface area contributed by atoms with Crippen LogP contribution in [0.2, 0.25) is 0 Å². The molecule has 2 aromatic rings. The molecule has 5 nitrogen and oxygen atoms in total. The summed E-state index contributed by atoms with van der Waals surface area (Å²) < 4.78 is 29.5. The number of anilines is 1. The fraction of sp³-hybridized carbons (Fsp3) is 0.227. The quantitative estimate of drug-likeness (QED) is 0.503. The second-order valence-electron chi connectivity index (χ2n) is 5.70. The van der Waals surface area contributed by atoms with E-state index in [0.717, 1.165) is 13.0 Å². The van der Waals surface area contributed by atoms with Crippen molar-refractivity contribution in [3.8, 4) is 5.75 Å². The van der Waals surface area contributed by atoms with Crippen LogP contribution in [0, 0.1) is 0 Å². The SMILES string of the molecule is C/C=C\C=C(\F)C(C)F.CCOc1ccc(C=O)cc1C(=O)Nc1cccnc1. The van der Waals surface area contributed by atoms with Crippen molar-refractivity contribution in [2.24, 2.45) is 0 Å². The van der Waals surface area contributed by atoms with Gasteiger partial charge >= 0.3 is 0 Å². The maximum Gasteiger partial charge on any atom is 0.259 e. The Balaban J connectivity index is 0.000000396. The summed E-state index contributed by atoms with van der Waals surface area (Å²) in [7, 11) is 0. The van der Waals surface area contributed by atoms with E-state index in [1.165, 1.54) is 12.1 Å². The molecule has 154 valence electrons. The van der Waals surface area contributed by atoms with Gasteiger partial charge in [-0.25, -0.2) is 8.78 Å². The summed E-state index contributed by atoms with van der Waals surface area (Å²) >= 11 is 0. The Hall–Kier alpha value is -3.35. The average Bonchev–Trinajstić information content (AvgIpc) is 2.73. The fourth-order valence-corrected chi connectivity index (χ4v) is 2.04. The van der Waals surface area contributed by atoms with Crippen molar-refractivity contribution in [3.63, 3.8) is 0 Å². The van der Waals surface area contributed by atoms with Gasteiger partial charge in [-0.15, -0.1) is 0 Å². The number of carbonyl (C=O) groups excluding carboxylic acids is 2. The van der Waals surface area contributed by atoms with E-state index in [-0.39, 0.29) is 5.91 Å². The number of pyridine rings is 1. The van der Waals surface area contributed by atoms with E-state index in [0.29, 0.717) is 35.5 Å². The zero-order valence-electron chi connectivity index (χ0n) is 16.6. The fourth-order valence-electron chi connectivity index (χ4n) is 2.04. The lowest BCUT2D eigenvalue weighted by atomic mass is 10.1. The normalized spacial score (nSPS) is 12.0. The molecule has 0 aliphatic carbocycles. The van der Waals surface area contributed by atoms with Gasteiger partial charge in [0.25, 0.3) is 5.91 Å². The van der Waals surface area contributed by atoms with Crippen molar-refractivity contribution in [1.29, 1.82) is 0 Å². The second-order valence-corrected chi connectivity index (χ2v) is 5.70. The van der Waals surface area contributed by atoms with Crippen LogP contribution >= 0.6 is 0 Å². The Kier molecular flexibility index (Phi) is 10.6. The predicted octanol–water partition coefficient (Wildman–Crippen LogP) is 5.32. The third-order valence-corrected chi connectivity index (χ3v) is 3.43. The molecule has 1 heterocycles. The maximum absolute atomic E-state index is 12.2.